The number of nitrogens with two attached hydrogens (primary N) is 1. The summed E-state index contributed by atoms with van der Waals surface area (Å²) < 4.78 is 14.3. The van der Waals surface area contributed by atoms with Crippen LogP contribution in [-0.4, -0.2) is 6.54 Å². The Morgan fingerprint density at radius 1 is 1.16 bits per heavy atom. The maximum absolute atomic E-state index is 14.3. The minimum absolute atomic E-state index is 0.174. The lowest BCUT2D eigenvalue weighted by molar-refractivity contribution is -0.0100. The average Bonchev–Trinajstić information content (AvgIpc) is 2.40. The van der Waals surface area contributed by atoms with E-state index in [1.807, 2.05) is 12.1 Å². The van der Waals surface area contributed by atoms with Gasteiger partial charge in [-0.25, -0.2) is 4.39 Å². The second kappa shape index (κ2) is 4.75. The summed E-state index contributed by atoms with van der Waals surface area (Å²) in [5, 5.41) is 0.218. The van der Waals surface area contributed by atoms with E-state index in [2.05, 4.69) is 0 Å². The van der Waals surface area contributed by atoms with Gasteiger partial charge in [-0.1, -0.05) is 43.0 Å². The maximum Gasteiger partial charge on any atom is 0.145 e. The van der Waals surface area contributed by atoms with Gasteiger partial charge in [0, 0.05) is 12.0 Å². The van der Waals surface area contributed by atoms with Crippen LogP contribution in [0.1, 0.15) is 50.5 Å². The van der Waals surface area contributed by atoms with Gasteiger partial charge < -0.3 is 5.73 Å². The van der Waals surface area contributed by atoms with E-state index in [-0.39, 0.29) is 16.3 Å². The second-order valence-electron chi connectivity index (χ2n) is 6.50. The van der Waals surface area contributed by atoms with Crippen LogP contribution < -0.4 is 5.73 Å². The fraction of sp³-hybridized carbons (Fsp3) is 0.625. The first kappa shape index (κ1) is 13.4. The van der Waals surface area contributed by atoms with Gasteiger partial charge in [0.25, 0.3) is 0 Å². The summed E-state index contributed by atoms with van der Waals surface area (Å²) in [6, 6.07) is 5.31. The van der Waals surface area contributed by atoms with Crippen LogP contribution in [0.15, 0.2) is 18.2 Å². The van der Waals surface area contributed by atoms with Crippen LogP contribution in [0.25, 0.3) is 0 Å². The molecule has 104 valence electrons. The zero-order valence-electron chi connectivity index (χ0n) is 11.2. The van der Waals surface area contributed by atoms with E-state index in [1.165, 1.54) is 32.1 Å². The summed E-state index contributed by atoms with van der Waals surface area (Å²) in [7, 11) is 0. The fourth-order valence-corrected chi connectivity index (χ4v) is 4.57. The van der Waals surface area contributed by atoms with Gasteiger partial charge in [0.1, 0.15) is 5.82 Å². The van der Waals surface area contributed by atoms with Crippen LogP contribution in [0.4, 0.5) is 4.39 Å². The molecule has 0 radical (unpaired) electrons. The van der Waals surface area contributed by atoms with Crippen molar-refractivity contribution < 1.29 is 4.39 Å². The Balaban J connectivity index is 1.88. The van der Waals surface area contributed by atoms with Crippen molar-refractivity contribution in [2.45, 2.75) is 50.4 Å². The molecule has 2 saturated carbocycles. The summed E-state index contributed by atoms with van der Waals surface area (Å²) in [4.78, 5) is 0. The molecule has 0 aliphatic heterocycles. The molecule has 2 fully saturated rings. The van der Waals surface area contributed by atoms with Crippen LogP contribution >= 0.6 is 11.6 Å². The van der Waals surface area contributed by atoms with Gasteiger partial charge in [0.15, 0.2) is 0 Å². The fourth-order valence-electron chi connectivity index (χ4n) is 4.40. The maximum atomic E-state index is 14.3. The van der Waals surface area contributed by atoms with Gasteiger partial charge in [-0.05, 0) is 42.7 Å². The lowest BCUT2D eigenvalue weighted by Gasteiger charge is -2.58. The van der Waals surface area contributed by atoms with Crippen LogP contribution in [0.5, 0.6) is 0 Å². The molecule has 1 aromatic rings. The standard InChI is InChI=1S/C16H21ClFN/c17-13-6-4-5-12(14(13)18)16(11-19)9-15(10-16)7-2-1-3-8-15/h4-6H,1-3,7-11,19H2. The van der Waals surface area contributed by atoms with Crippen LogP contribution in [0, 0.1) is 11.2 Å². The largest absolute Gasteiger partial charge is 0.330 e. The second-order valence-corrected chi connectivity index (χ2v) is 6.91. The number of rotatable bonds is 2. The van der Waals surface area contributed by atoms with Crippen molar-refractivity contribution in [3.05, 3.63) is 34.6 Å². The Bertz CT molecular complexity index is 472. The zero-order valence-corrected chi connectivity index (χ0v) is 12.0. The molecular weight excluding hydrogens is 261 g/mol. The summed E-state index contributed by atoms with van der Waals surface area (Å²) in [6.07, 6.45) is 8.63. The van der Waals surface area contributed by atoms with E-state index in [9.17, 15) is 4.39 Å². The molecule has 0 saturated heterocycles. The van der Waals surface area contributed by atoms with Crippen LogP contribution in [-0.2, 0) is 5.41 Å². The Kier molecular flexibility index (Phi) is 3.34. The molecule has 3 rings (SSSR count). The Morgan fingerprint density at radius 3 is 2.47 bits per heavy atom. The van der Waals surface area contributed by atoms with Crippen molar-refractivity contribution in [2.24, 2.45) is 11.1 Å². The van der Waals surface area contributed by atoms with Gasteiger partial charge >= 0.3 is 0 Å². The predicted octanol–water partition coefficient (Wildman–Crippen LogP) is 4.42. The molecule has 2 aliphatic carbocycles. The normalized spacial score (nSPS) is 24.2. The molecule has 0 unspecified atom stereocenters. The van der Waals surface area contributed by atoms with E-state index in [4.69, 9.17) is 17.3 Å². The van der Waals surface area contributed by atoms with Crippen molar-refractivity contribution in [3.63, 3.8) is 0 Å². The lowest BCUT2D eigenvalue weighted by Crippen LogP contribution is -2.54. The van der Waals surface area contributed by atoms with Gasteiger partial charge in [-0.2, -0.15) is 0 Å². The van der Waals surface area contributed by atoms with Crippen molar-refractivity contribution in [3.8, 4) is 0 Å². The molecule has 1 aromatic carbocycles. The van der Waals surface area contributed by atoms with E-state index in [1.54, 1.807) is 6.07 Å². The van der Waals surface area contributed by atoms with E-state index >= 15 is 0 Å². The molecular formula is C16H21ClFN. The highest BCUT2D eigenvalue weighted by atomic mass is 35.5. The summed E-state index contributed by atoms with van der Waals surface area (Å²) in [5.41, 5.74) is 7.00. The van der Waals surface area contributed by atoms with E-state index in [0.717, 1.165) is 18.4 Å². The average molecular weight is 282 g/mol. The highest BCUT2D eigenvalue weighted by molar-refractivity contribution is 6.30. The molecule has 1 spiro atoms. The van der Waals surface area contributed by atoms with Gasteiger partial charge in [0.2, 0.25) is 0 Å². The van der Waals surface area contributed by atoms with Crippen molar-refractivity contribution in [2.75, 3.05) is 6.54 Å². The van der Waals surface area contributed by atoms with Gasteiger partial charge in [-0.15, -0.1) is 0 Å². The smallest absolute Gasteiger partial charge is 0.145 e. The zero-order chi connectivity index (χ0) is 13.5. The molecule has 2 N–H and O–H groups in total. The minimum atomic E-state index is -0.264. The Hall–Kier alpha value is -0.600. The first-order chi connectivity index (χ1) is 9.11. The third-order valence-corrected chi connectivity index (χ3v) is 5.55. The molecule has 0 atom stereocenters. The highest BCUT2D eigenvalue weighted by Crippen LogP contribution is 2.61. The van der Waals surface area contributed by atoms with Gasteiger partial charge in [0.05, 0.1) is 5.02 Å². The Labute approximate surface area is 119 Å². The van der Waals surface area contributed by atoms with Crippen molar-refractivity contribution in [1.29, 1.82) is 0 Å². The first-order valence-corrected chi connectivity index (χ1v) is 7.63. The van der Waals surface area contributed by atoms with Gasteiger partial charge in [-0.3, -0.25) is 0 Å². The number of hydrogen-bond acceptors (Lipinski definition) is 1. The molecule has 0 aromatic heterocycles. The monoisotopic (exact) mass is 281 g/mol. The Morgan fingerprint density at radius 2 is 1.84 bits per heavy atom. The van der Waals surface area contributed by atoms with Crippen molar-refractivity contribution in [1.82, 2.24) is 0 Å². The summed E-state index contributed by atoms with van der Waals surface area (Å²) >= 11 is 5.92. The minimum Gasteiger partial charge on any atom is -0.330 e. The summed E-state index contributed by atoms with van der Waals surface area (Å²) in [5.74, 6) is -0.264. The third-order valence-electron chi connectivity index (χ3n) is 5.25. The molecule has 2 aliphatic rings. The molecule has 0 heterocycles. The van der Waals surface area contributed by atoms with Crippen LogP contribution in [0.2, 0.25) is 5.02 Å². The quantitative estimate of drug-likeness (QED) is 0.853. The molecule has 0 bridgehead atoms. The molecule has 0 amide bonds. The lowest BCUT2D eigenvalue weighted by atomic mass is 9.46. The van der Waals surface area contributed by atoms with Crippen LogP contribution in [0.3, 0.4) is 0 Å². The number of hydrogen-bond donors (Lipinski definition) is 1. The highest BCUT2D eigenvalue weighted by Gasteiger charge is 2.55. The van der Waals surface area contributed by atoms with E-state index < -0.39 is 0 Å². The topological polar surface area (TPSA) is 26.0 Å². The van der Waals surface area contributed by atoms with Crippen molar-refractivity contribution >= 4 is 11.6 Å². The number of benzene rings is 1. The molecule has 1 nitrogen and oxygen atoms in total. The molecule has 19 heavy (non-hydrogen) atoms. The number of halogens is 2. The first-order valence-electron chi connectivity index (χ1n) is 7.26. The molecule has 3 heteroatoms. The predicted molar refractivity (Wildman–Crippen MR) is 76.9 cm³/mol. The third kappa shape index (κ3) is 2.09. The van der Waals surface area contributed by atoms with E-state index in [0.29, 0.717) is 12.0 Å². The SMILES string of the molecule is NCC1(c2cccc(Cl)c2F)CC2(CCCCC2)C1. The summed E-state index contributed by atoms with van der Waals surface area (Å²) in [6.45, 7) is 0.520.